The third-order valence-corrected chi connectivity index (χ3v) is 3.91. The highest BCUT2D eigenvalue weighted by Crippen LogP contribution is 2.37. The molecule has 0 unspecified atom stereocenters. The van der Waals surface area contributed by atoms with Crippen LogP contribution >= 0.6 is 0 Å². The minimum atomic E-state index is -0.506. The average molecular weight is 381 g/mol. The average Bonchev–Trinajstić information content (AvgIpc) is 3.07. The van der Waals surface area contributed by atoms with Gasteiger partial charge in [0.25, 0.3) is 0 Å². The number of hydrogen-bond donors (Lipinski definition) is 0. The van der Waals surface area contributed by atoms with E-state index in [-0.39, 0.29) is 11.6 Å². The zero-order chi connectivity index (χ0) is 19.9. The zero-order valence-corrected chi connectivity index (χ0v) is 16.2. The molecule has 1 heterocycles. The number of esters is 1. The molecule has 0 amide bonds. The first-order chi connectivity index (χ1) is 13.7. The summed E-state index contributed by atoms with van der Waals surface area (Å²) in [7, 11) is 0. The Morgan fingerprint density at radius 3 is 2.14 bits per heavy atom. The lowest BCUT2D eigenvalue weighted by Crippen LogP contribution is -2.05. The minimum absolute atomic E-state index is 0.200. The molecule has 0 spiro atoms. The van der Waals surface area contributed by atoms with E-state index in [2.05, 4.69) is 4.99 Å². The first kappa shape index (κ1) is 19.5. The highest BCUT2D eigenvalue weighted by Gasteiger charge is 2.25. The van der Waals surface area contributed by atoms with Gasteiger partial charge in [-0.05, 0) is 45.0 Å². The fourth-order valence-electron chi connectivity index (χ4n) is 2.75. The summed E-state index contributed by atoms with van der Waals surface area (Å²) < 4.78 is 22.4. The minimum Gasteiger partial charge on any atom is -0.493 e. The third kappa shape index (κ3) is 4.34. The van der Waals surface area contributed by atoms with E-state index in [0.717, 1.165) is 5.56 Å². The predicted octanol–water partition coefficient (Wildman–Crippen LogP) is 4.23. The second-order valence-electron chi connectivity index (χ2n) is 5.84. The third-order valence-electron chi connectivity index (χ3n) is 3.91. The molecule has 0 atom stereocenters. The molecule has 1 aliphatic heterocycles. The molecule has 0 aromatic heterocycles. The van der Waals surface area contributed by atoms with E-state index in [1.807, 2.05) is 51.1 Å². The number of cyclic esters (lactones) is 1. The molecule has 0 bridgehead atoms. The van der Waals surface area contributed by atoms with Crippen molar-refractivity contribution in [1.82, 2.24) is 0 Å². The van der Waals surface area contributed by atoms with E-state index in [0.29, 0.717) is 42.6 Å². The largest absolute Gasteiger partial charge is 0.493 e. The van der Waals surface area contributed by atoms with Gasteiger partial charge < -0.3 is 18.9 Å². The van der Waals surface area contributed by atoms with Gasteiger partial charge in [-0.15, -0.1) is 0 Å². The van der Waals surface area contributed by atoms with Gasteiger partial charge in [0.1, 0.15) is 5.75 Å². The van der Waals surface area contributed by atoms with E-state index in [9.17, 15) is 4.79 Å². The number of hydrogen-bond acceptors (Lipinski definition) is 6. The number of ether oxygens (including phenoxy) is 4. The zero-order valence-electron chi connectivity index (χ0n) is 16.2. The number of carbonyl (C=O) groups is 1. The fourth-order valence-corrected chi connectivity index (χ4v) is 2.75. The summed E-state index contributed by atoms with van der Waals surface area (Å²) in [4.78, 5) is 16.7. The highest BCUT2D eigenvalue weighted by atomic mass is 16.6. The number of benzene rings is 2. The Morgan fingerprint density at radius 1 is 0.893 bits per heavy atom. The maximum Gasteiger partial charge on any atom is 0.363 e. The molecule has 0 radical (unpaired) electrons. The lowest BCUT2D eigenvalue weighted by Gasteiger charge is -2.15. The van der Waals surface area contributed by atoms with Gasteiger partial charge in [-0.2, -0.15) is 0 Å². The maximum absolute atomic E-state index is 12.3. The Bertz CT molecular complexity index is 903. The Hall–Kier alpha value is -3.28. The fraction of sp³-hybridized carbons (Fsp3) is 0.273. The Labute approximate surface area is 164 Å². The van der Waals surface area contributed by atoms with E-state index >= 15 is 0 Å². The maximum atomic E-state index is 12.3. The molecule has 1 aliphatic rings. The van der Waals surface area contributed by atoms with Crippen LogP contribution in [0.5, 0.6) is 17.2 Å². The molecule has 6 heteroatoms. The number of carbonyl (C=O) groups excluding carboxylic acids is 1. The van der Waals surface area contributed by atoms with E-state index in [4.69, 9.17) is 18.9 Å². The summed E-state index contributed by atoms with van der Waals surface area (Å²) in [6.07, 6.45) is 1.64. The SMILES string of the molecule is CCOc1cc(OCC)c(OCC)cc1/C=C1\N=C(c2ccccc2)OC1=O. The molecule has 0 saturated carbocycles. The van der Waals surface area contributed by atoms with Crippen molar-refractivity contribution in [3.8, 4) is 17.2 Å². The van der Waals surface area contributed by atoms with Crippen molar-refractivity contribution in [2.45, 2.75) is 20.8 Å². The molecule has 2 aromatic carbocycles. The summed E-state index contributed by atoms with van der Waals surface area (Å²) in [6, 6.07) is 12.8. The second kappa shape index (κ2) is 9.08. The van der Waals surface area contributed by atoms with Crippen LogP contribution in [-0.2, 0) is 9.53 Å². The molecule has 28 heavy (non-hydrogen) atoms. The first-order valence-electron chi connectivity index (χ1n) is 9.30. The van der Waals surface area contributed by atoms with Crippen LogP contribution in [0.15, 0.2) is 53.2 Å². The molecule has 0 N–H and O–H groups in total. The van der Waals surface area contributed by atoms with Gasteiger partial charge in [0.15, 0.2) is 17.2 Å². The topological polar surface area (TPSA) is 66.3 Å². The summed E-state index contributed by atoms with van der Waals surface area (Å²) >= 11 is 0. The number of aliphatic imine (C=N–C) groups is 1. The second-order valence-corrected chi connectivity index (χ2v) is 5.84. The van der Waals surface area contributed by atoms with Crippen molar-refractivity contribution in [1.29, 1.82) is 0 Å². The van der Waals surface area contributed by atoms with Crippen LogP contribution in [-0.4, -0.2) is 31.7 Å². The number of rotatable bonds is 8. The Morgan fingerprint density at radius 2 is 1.50 bits per heavy atom. The molecule has 6 nitrogen and oxygen atoms in total. The predicted molar refractivity (Wildman–Crippen MR) is 107 cm³/mol. The van der Waals surface area contributed by atoms with Gasteiger partial charge in [-0.25, -0.2) is 9.79 Å². The molecule has 146 valence electrons. The van der Waals surface area contributed by atoms with Crippen molar-refractivity contribution in [3.05, 3.63) is 59.3 Å². The summed E-state index contributed by atoms with van der Waals surface area (Å²) in [5, 5.41) is 0. The molecule has 0 fully saturated rings. The normalized spacial score (nSPS) is 14.6. The van der Waals surface area contributed by atoms with Gasteiger partial charge in [-0.1, -0.05) is 18.2 Å². The van der Waals surface area contributed by atoms with Crippen molar-refractivity contribution in [3.63, 3.8) is 0 Å². The van der Waals surface area contributed by atoms with Gasteiger partial charge in [0.2, 0.25) is 5.90 Å². The summed E-state index contributed by atoms with van der Waals surface area (Å²) in [6.45, 7) is 7.16. The van der Waals surface area contributed by atoms with Gasteiger partial charge in [0.05, 0.1) is 19.8 Å². The van der Waals surface area contributed by atoms with Crippen LogP contribution in [0.3, 0.4) is 0 Å². The molecule has 3 rings (SSSR count). The van der Waals surface area contributed by atoms with Gasteiger partial charge in [0, 0.05) is 17.2 Å². The lowest BCUT2D eigenvalue weighted by atomic mass is 10.1. The molecular formula is C22H23NO5. The van der Waals surface area contributed by atoms with Crippen molar-refractivity contribution >= 4 is 17.9 Å². The summed E-state index contributed by atoms with van der Waals surface area (Å²) in [5.74, 6) is 1.53. The van der Waals surface area contributed by atoms with Crippen LogP contribution in [0.2, 0.25) is 0 Å². The van der Waals surface area contributed by atoms with Crippen molar-refractivity contribution < 1.29 is 23.7 Å². The van der Waals surface area contributed by atoms with Crippen molar-refractivity contribution in [2.75, 3.05) is 19.8 Å². The van der Waals surface area contributed by atoms with E-state index in [1.54, 1.807) is 18.2 Å². The molecule has 0 aliphatic carbocycles. The monoisotopic (exact) mass is 381 g/mol. The van der Waals surface area contributed by atoms with Crippen LogP contribution < -0.4 is 14.2 Å². The highest BCUT2D eigenvalue weighted by molar-refractivity contribution is 6.12. The Balaban J connectivity index is 2.02. The van der Waals surface area contributed by atoms with Gasteiger partial charge >= 0.3 is 5.97 Å². The molecule has 2 aromatic rings. The molecule has 0 saturated heterocycles. The van der Waals surface area contributed by atoms with E-state index in [1.165, 1.54) is 0 Å². The van der Waals surface area contributed by atoms with Crippen LogP contribution in [0.1, 0.15) is 31.9 Å². The Kier molecular flexibility index (Phi) is 6.32. The molecular weight excluding hydrogens is 358 g/mol. The quantitative estimate of drug-likeness (QED) is 0.506. The standard InChI is InChI=1S/C22H23NO5/c1-4-25-18-14-20(27-6-3)19(26-5-2)13-16(18)12-17-22(24)28-21(23-17)15-10-8-7-9-11-15/h7-14H,4-6H2,1-3H3/b17-12-. The summed E-state index contributed by atoms with van der Waals surface area (Å²) in [5.41, 5.74) is 1.61. The van der Waals surface area contributed by atoms with Crippen molar-refractivity contribution in [2.24, 2.45) is 4.99 Å². The van der Waals surface area contributed by atoms with Crippen LogP contribution in [0.4, 0.5) is 0 Å². The van der Waals surface area contributed by atoms with Crippen LogP contribution in [0.25, 0.3) is 6.08 Å². The van der Waals surface area contributed by atoms with E-state index < -0.39 is 5.97 Å². The smallest absolute Gasteiger partial charge is 0.363 e. The lowest BCUT2D eigenvalue weighted by molar-refractivity contribution is -0.129. The van der Waals surface area contributed by atoms with Crippen LogP contribution in [0, 0.1) is 0 Å². The van der Waals surface area contributed by atoms with Gasteiger partial charge in [-0.3, -0.25) is 0 Å². The first-order valence-corrected chi connectivity index (χ1v) is 9.30. The number of nitrogens with zero attached hydrogens (tertiary/aromatic N) is 1.